The summed E-state index contributed by atoms with van der Waals surface area (Å²) < 4.78 is 18.6. The number of aromatic carboxylic acids is 1. The van der Waals surface area contributed by atoms with Gasteiger partial charge in [-0.3, -0.25) is 4.79 Å². The molecule has 110 valence electrons. The predicted molar refractivity (Wildman–Crippen MR) is 71.4 cm³/mol. The quantitative estimate of drug-likeness (QED) is 0.804. The van der Waals surface area contributed by atoms with Gasteiger partial charge in [0.05, 0.1) is 5.56 Å². The van der Waals surface area contributed by atoms with Gasteiger partial charge in [-0.1, -0.05) is 13.3 Å². The number of hydrogen-bond acceptors (Lipinski definition) is 3. The summed E-state index contributed by atoms with van der Waals surface area (Å²) in [6.07, 6.45) is 1.81. The number of ether oxygens (including phenoxy) is 1. The van der Waals surface area contributed by atoms with Gasteiger partial charge < -0.3 is 15.2 Å². The lowest BCUT2D eigenvalue weighted by molar-refractivity contribution is -0.123. The van der Waals surface area contributed by atoms with Crippen LogP contribution in [0.4, 0.5) is 4.39 Å². The molecule has 0 aromatic heterocycles. The van der Waals surface area contributed by atoms with Crippen molar-refractivity contribution in [3.8, 4) is 5.75 Å². The standard InChI is InChI=1S/C14H18FNO4/c1-3-4-9(2)16-13(17)8-20-12-6-5-10(14(18)19)7-11(12)15/h5-7,9H,3-4,8H2,1-2H3,(H,16,17)(H,18,19). The van der Waals surface area contributed by atoms with Crippen molar-refractivity contribution in [1.29, 1.82) is 0 Å². The Balaban J connectivity index is 2.53. The highest BCUT2D eigenvalue weighted by atomic mass is 19.1. The van der Waals surface area contributed by atoms with Gasteiger partial charge in [-0.15, -0.1) is 0 Å². The van der Waals surface area contributed by atoms with E-state index in [1.807, 2.05) is 13.8 Å². The first kappa shape index (κ1) is 15.9. The van der Waals surface area contributed by atoms with E-state index in [0.717, 1.165) is 18.9 Å². The van der Waals surface area contributed by atoms with Crippen LogP contribution in [0.5, 0.6) is 5.75 Å². The molecule has 0 saturated carbocycles. The third-order valence-corrected chi connectivity index (χ3v) is 2.67. The molecule has 0 spiro atoms. The monoisotopic (exact) mass is 283 g/mol. The van der Waals surface area contributed by atoms with Crippen molar-refractivity contribution in [3.63, 3.8) is 0 Å². The molecule has 0 aliphatic rings. The lowest BCUT2D eigenvalue weighted by Gasteiger charge is -2.13. The fourth-order valence-electron chi connectivity index (χ4n) is 1.72. The van der Waals surface area contributed by atoms with Crippen LogP contribution in [0.15, 0.2) is 18.2 Å². The highest BCUT2D eigenvalue weighted by Gasteiger charge is 2.11. The molecular formula is C14H18FNO4. The Morgan fingerprint density at radius 3 is 2.70 bits per heavy atom. The first-order valence-corrected chi connectivity index (χ1v) is 6.39. The van der Waals surface area contributed by atoms with Crippen molar-refractivity contribution in [2.75, 3.05) is 6.61 Å². The van der Waals surface area contributed by atoms with E-state index in [4.69, 9.17) is 9.84 Å². The molecular weight excluding hydrogens is 265 g/mol. The zero-order valence-corrected chi connectivity index (χ0v) is 11.5. The van der Waals surface area contributed by atoms with Gasteiger partial charge in [0.1, 0.15) is 0 Å². The van der Waals surface area contributed by atoms with Crippen LogP contribution in [-0.2, 0) is 4.79 Å². The van der Waals surface area contributed by atoms with Crippen molar-refractivity contribution < 1.29 is 23.8 Å². The number of carbonyl (C=O) groups is 2. The van der Waals surface area contributed by atoms with Gasteiger partial charge in [-0.2, -0.15) is 0 Å². The normalized spacial score (nSPS) is 11.8. The molecule has 0 heterocycles. The second-order valence-electron chi connectivity index (χ2n) is 4.50. The van der Waals surface area contributed by atoms with E-state index in [2.05, 4.69) is 5.32 Å². The number of carbonyl (C=O) groups excluding carboxylic acids is 1. The molecule has 6 heteroatoms. The van der Waals surface area contributed by atoms with E-state index in [-0.39, 0.29) is 29.9 Å². The fourth-order valence-corrected chi connectivity index (χ4v) is 1.72. The third kappa shape index (κ3) is 4.87. The molecule has 1 atom stereocenters. The number of carboxylic acid groups (broad SMARTS) is 1. The van der Waals surface area contributed by atoms with Crippen LogP contribution in [0.25, 0.3) is 0 Å². The number of hydrogen-bond donors (Lipinski definition) is 2. The van der Waals surface area contributed by atoms with Gasteiger partial charge in [0.2, 0.25) is 0 Å². The summed E-state index contributed by atoms with van der Waals surface area (Å²) in [6, 6.07) is 3.31. The first-order chi connectivity index (χ1) is 9.43. The molecule has 0 fully saturated rings. The predicted octanol–water partition coefficient (Wildman–Crippen LogP) is 2.21. The molecule has 5 nitrogen and oxygen atoms in total. The maximum absolute atomic E-state index is 13.5. The first-order valence-electron chi connectivity index (χ1n) is 6.39. The molecule has 1 amide bonds. The molecule has 1 unspecified atom stereocenters. The molecule has 0 saturated heterocycles. The maximum atomic E-state index is 13.5. The lowest BCUT2D eigenvalue weighted by Crippen LogP contribution is -2.36. The summed E-state index contributed by atoms with van der Waals surface area (Å²) in [5.41, 5.74) is -0.170. The topological polar surface area (TPSA) is 75.6 Å². The SMILES string of the molecule is CCCC(C)NC(=O)COc1ccc(C(=O)O)cc1F. The van der Waals surface area contributed by atoms with Crippen molar-refractivity contribution in [2.45, 2.75) is 32.7 Å². The average Bonchev–Trinajstić information content (AvgIpc) is 2.37. The Kier molecular flexibility index (Phi) is 5.96. The summed E-state index contributed by atoms with van der Waals surface area (Å²) in [5.74, 6) is -2.51. The van der Waals surface area contributed by atoms with E-state index in [1.54, 1.807) is 0 Å². The summed E-state index contributed by atoms with van der Waals surface area (Å²) in [4.78, 5) is 22.2. The number of rotatable bonds is 7. The van der Waals surface area contributed by atoms with E-state index >= 15 is 0 Å². The molecule has 1 aromatic rings. The summed E-state index contributed by atoms with van der Waals surface area (Å²) >= 11 is 0. The van der Waals surface area contributed by atoms with Crippen molar-refractivity contribution in [2.24, 2.45) is 0 Å². The highest BCUT2D eigenvalue weighted by Crippen LogP contribution is 2.18. The minimum atomic E-state index is -1.22. The molecule has 2 N–H and O–H groups in total. The van der Waals surface area contributed by atoms with E-state index in [0.29, 0.717) is 0 Å². The van der Waals surface area contributed by atoms with Crippen molar-refractivity contribution >= 4 is 11.9 Å². The number of halogens is 1. The number of amides is 1. The van der Waals surface area contributed by atoms with E-state index in [1.165, 1.54) is 12.1 Å². The number of benzene rings is 1. The minimum absolute atomic E-state index is 0.0373. The summed E-state index contributed by atoms with van der Waals surface area (Å²) in [6.45, 7) is 3.58. The van der Waals surface area contributed by atoms with Crippen LogP contribution >= 0.6 is 0 Å². The molecule has 1 rings (SSSR count). The Labute approximate surface area is 116 Å². The van der Waals surface area contributed by atoms with E-state index in [9.17, 15) is 14.0 Å². The van der Waals surface area contributed by atoms with Crippen molar-refractivity contribution in [1.82, 2.24) is 5.32 Å². The lowest BCUT2D eigenvalue weighted by atomic mass is 10.2. The molecule has 0 bridgehead atoms. The molecule has 0 aliphatic heterocycles. The Bertz CT molecular complexity index is 490. The Hall–Kier alpha value is -2.11. The number of carboxylic acids is 1. The third-order valence-electron chi connectivity index (χ3n) is 2.67. The molecule has 1 aromatic carbocycles. The maximum Gasteiger partial charge on any atom is 0.335 e. The molecule has 0 aliphatic carbocycles. The van der Waals surface area contributed by atoms with Crippen molar-refractivity contribution in [3.05, 3.63) is 29.6 Å². The van der Waals surface area contributed by atoms with Gasteiger partial charge in [0.15, 0.2) is 18.2 Å². The molecule has 20 heavy (non-hydrogen) atoms. The van der Waals surface area contributed by atoms with E-state index < -0.39 is 11.8 Å². The highest BCUT2D eigenvalue weighted by molar-refractivity contribution is 5.87. The van der Waals surface area contributed by atoms with Gasteiger partial charge in [-0.25, -0.2) is 9.18 Å². The summed E-state index contributed by atoms with van der Waals surface area (Å²) in [7, 11) is 0. The average molecular weight is 283 g/mol. The van der Waals surface area contributed by atoms with Crippen LogP contribution in [-0.4, -0.2) is 29.6 Å². The Morgan fingerprint density at radius 1 is 1.45 bits per heavy atom. The van der Waals surface area contributed by atoms with Gasteiger partial charge >= 0.3 is 5.97 Å². The van der Waals surface area contributed by atoms with Crippen LogP contribution in [0, 0.1) is 5.82 Å². The van der Waals surface area contributed by atoms with Crippen LogP contribution < -0.4 is 10.1 Å². The van der Waals surface area contributed by atoms with Crippen LogP contribution in [0.3, 0.4) is 0 Å². The van der Waals surface area contributed by atoms with Gasteiger partial charge in [-0.05, 0) is 31.5 Å². The fraction of sp³-hybridized carbons (Fsp3) is 0.429. The second kappa shape index (κ2) is 7.47. The summed E-state index contributed by atoms with van der Waals surface area (Å²) in [5, 5.41) is 11.4. The van der Waals surface area contributed by atoms with Gasteiger partial charge in [0.25, 0.3) is 5.91 Å². The zero-order chi connectivity index (χ0) is 15.1. The minimum Gasteiger partial charge on any atom is -0.481 e. The molecule has 0 radical (unpaired) electrons. The largest absolute Gasteiger partial charge is 0.481 e. The smallest absolute Gasteiger partial charge is 0.335 e. The van der Waals surface area contributed by atoms with Crippen LogP contribution in [0.1, 0.15) is 37.0 Å². The van der Waals surface area contributed by atoms with Gasteiger partial charge in [0, 0.05) is 6.04 Å². The second-order valence-corrected chi connectivity index (χ2v) is 4.50. The van der Waals surface area contributed by atoms with Crippen LogP contribution in [0.2, 0.25) is 0 Å². The Morgan fingerprint density at radius 2 is 2.15 bits per heavy atom. The zero-order valence-electron chi connectivity index (χ0n) is 11.5. The number of nitrogens with one attached hydrogen (secondary N) is 1.